The Morgan fingerprint density at radius 3 is 2.46 bits per heavy atom. The van der Waals surface area contributed by atoms with Gasteiger partial charge in [-0.3, -0.25) is 0 Å². The van der Waals surface area contributed by atoms with Crippen molar-refractivity contribution in [3.05, 3.63) is 83.5 Å². The van der Waals surface area contributed by atoms with Gasteiger partial charge in [-0.05, 0) is 24.3 Å². The minimum atomic E-state index is -1.12. The number of hydrogen-bond acceptors (Lipinski definition) is 10. The third-order valence-electron chi connectivity index (χ3n) is 6.06. The molecule has 0 unspecified atom stereocenters. The summed E-state index contributed by atoms with van der Waals surface area (Å²) in [5.74, 6) is 1.18. The van der Waals surface area contributed by atoms with Crippen LogP contribution in [-0.2, 0) is 6.54 Å². The van der Waals surface area contributed by atoms with E-state index < -0.39 is 5.23 Å². The van der Waals surface area contributed by atoms with E-state index in [1.54, 1.807) is 30.9 Å². The number of imidazole rings is 1. The van der Waals surface area contributed by atoms with Gasteiger partial charge in [-0.15, -0.1) is 0 Å². The van der Waals surface area contributed by atoms with Crippen LogP contribution in [0.5, 0.6) is 0 Å². The molecule has 1 fully saturated rings. The quantitative estimate of drug-likeness (QED) is 0.184. The van der Waals surface area contributed by atoms with E-state index in [2.05, 4.69) is 60.1 Å². The molecule has 1 aliphatic heterocycles. The fourth-order valence-corrected chi connectivity index (χ4v) is 4.18. The van der Waals surface area contributed by atoms with E-state index in [1.165, 1.54) is 11.9 Å². The Labute approximate surface area is 214 Å². The van der Waals surface area contributed by atoms with Crippen molar-refractivity contribution in [2.45, 2.75) is 6.54 Å². The molecule has 1 saturated heterocycles. The van der Waals surface area contributed by atoms with E-state index in [0.717, 1.165) is 43.1 Å². The Morgan fingerprint density at radius 2 is 1.76 bits per heavy atom. The second-order valence-corrected chi connectivity index (χ2v) is 8.64. The van der Waals surface area contributed by atoms with Crippen molar-refractivity contribution in [3.63, 3.8) is 0 Å². The predicted molar refractivity (Wildman–Crippen MR) is 142 cm³/mol. The van der Waals surface area contributed by atoms with Gasteiger partial charge in [-0.2, -0.15) is 0 Å². The minimum absolute atomic E-state index is 0.151. The normalized spacial score (nSPS) is 13.6. The number of hydrogen-bond donors (Lipinski definition) is 4. The average molecular weight is 502 g/mol. The molecule has 12 heteroatoms. The van der Waals surface area contributed by atoms with Gasteiger partial charge in [-0.25, -0.2) is 19.9 Å². The summed E-state index contributed by atoms with van der Waals surface area (Å²) in [5.41, 5.74) is 4.45. The molecule has 0 spiro atoms. The molecule has 4 N–H and O–H groups in total. The molecule has 12 nitrogen and oxygen atoms in total. The van der Waals surface area contributed by atoms with Gasteiger partial charge in [0.2, 0.25) is 5.95 Å². The van der Waals surface area contributed by atoms with Crippen LogP contribution in [0.15, 0.2) is 67.5 Å². The highest BCUT2D eigenvalue weighted by atomic mass is 16.8. The second-order valence-electron chi connectivity index (χ2n) is 8.64. The number of nitrogens with one attached hydrogen (secondary N) is 4. The SMILES string of the molecule is [O-][NH+]([O-])Cc1ccc(NCCNc2ncc(-n3ccnc3)c(-c3ccc(N4CCNCC4)cc3)n2)nc1. The molecule has 4 aromatic rings. The number of benzene rings is 1. The molecule has 5 rings (SSSR count). The third-order valence-corrected chi connectivity index (χ3v) is 6.06. The Bertz CT molecular complexity index is 1260. The Morgan fingerprint density at radius 1 is 0.946 bits per heavy atom. The van der Waals surface area contributed by atoms with Crippen molar-refractivity contribution in [1.82, 2.24) is 29.8 Å². The Hall–Kier alpha value is -4.10. The van der Waals surface area contributed by atoms with Crippen LogP contribution in [0.1, 0.15) is 5.56 Å². The molecule has 0 amide bonds. The number of quaternary nitrogens is 1. The summed E-state index contributed by atoms with van der Waals surface area (Å²) < 4.78 is 1.90. The summed E-state index contributed by atoms with van der Waals surface area (Å²) in [6.07, 6.45) is 8.66. The molecule has 0 atom stereocenters. The van der Waals surface area contributed by atoms with E-state index in [0.29, 0.717) is 30.4 Å². The topological polar surface area (TPSA) is 146 Å². The van der Waals surface area contributed by atoms with E-state index in [-0.39, 0.29) is 6.54 Å². The van der Waals surface area contributed by atoms with E-state index in [1.807, 2.05) is 10.8 Å². The summed E-state index contributed by atoms with van der Waals surface area (Å²) in [7, 11) is 0. The van der Waals surface area contributed by atoms with Gasteiger partial charge in [0, 0.05) is 74.7 Å². The largest absolute Gasteiger partial charge is 0.633 e. The van der Waals surface area contributed by atoms with Crippen LogP contribution < -0.4 is 26.1 Å². The Kier molecular flexibility index (Phi) is 7.81. The molecule has 0 saturated carbocycles. The van der Waals surface area contributed by atoms with Crippen molar-refractivity contribution in [2.24, 2.45) is 0 Å². The number of piperazine rings is 1. The smallest absolute Gasteiger partial charge is 0.223 e. The molecule has 192 valence electrons. The molecule has 0 radical (unpaired) electrons. The van der Waals surface area contributed by atoms with Crippen molar-refractivity contribution >= 4 is 17.5 Å². The first-order valence-electron chi connectivity index (χ1n) is 12.2. The highest BCUT2D eigenvalue weighted by Gasteiger charge is 2.14. The lowest BCUT2D eigenvalue weighted by Gasteiger charge is -2.29. The molecular weight excluding hydrogens is 472 g/mol. The van der Waals surface area contributed by atoms with Crippen molar-refractivity contribution < 1.29 is 5.23 Å². The van der Waals surface area contributed by atoms with Crippen LogP contribution in [0.2, 0.25) is 0 Å². The van der Waals surface area contributed by atoms with Gasteiger partial charge in [0.05, 0.1) is 23.9 Å². The van der Waals surface area contributed by atoms with E-state index in [9.17, 15) is 10.4 Å². The lowest BCUT2D eigenvalue weighted by atomic mass is 10.1. The van der Waals surface area contributed by atoms with Crippen LogP contribution in [0, 0.1) is 10.4 Å². The Balaban J connectivity index is 1.26. The van der Waals surface area contributed by atoms with E-state index in [4.69, 9.17) is 4.98 Å². The fraction of sp³-hybridized carbons (Fsp3) is 0.280. The molecule has 0 aliphatic carbocycles. The maximum Gasteiger partial charge on any atom is 0.223 e. The first-order chi connectivity index (χ1) is 18.2. The van der Waals surface area contributed by atoms with E-state index >= 15 is 0 Å². The molecule has 1 aromatic carbocycles. The van der Waals surface area contributed by atoms with Crippen LogP contribution in [0.3, 0.4) is 0 Å². The summed E-state index contributed by atoms with van der Waals surface area (Å²) in [4.78, 5) is 20.1. The van der Waals surface area contributed by atoms with Crippen LogP contribution >= 0.6 is 0 Å². The van der Waals surface area contributed by atoms with Crippen LogP contribution in [0.4, 0.5) is 17.5 Å². The molecule has 0 bridgehead atoms. The highest BCUT2D eigenvalue weighted by Crippen LogP contribution is 2.27. The molecule has 1 aliphatic rings. The number of nitrogens with zero attached hydrogens (tertiary/aromatic N) is 6. The zero-order chi connectivity index (χ0) is 25.5. The van der Waals surface area contributed by atoms with Gasteiger partial charge in [-0.1, -0.05) is 12.1 Å². The van der Waals surface area contributed by atoms with Gasteiger partial charge < -0.3 is 41.1 Å². The van der Waals surface area contributed by atoms with Crippen molar-refractivity contribution in [2.75, 3.05) is 54.8 Å². The molecule has 3 aromatic heterocycles. The zero-order valence-electron chi connectivity index (χ0n) is 20.3. The minimum Gasteiger partial charge on any atom is -0.633 e. The summed E-state index contributed by atoms with van der Waals surface area (Å²) in [6.45, 7) is 4.96. The fourth-order valence-electron chi connectivity index (χ4n) is 4.18. The monoisotopic (exact) mass is 501 g/mol. The maximum absolute atomic E-state index is 10.7. The first kappa shape index (κ1) is 24.6. The molecular formula is C25H29N10O2-. The van der Waals surface area contributed by atoms with Gasteiger partial charge in [0.25, 0.3) is 0 Å². The number of anilines is 3. The first-order valence-corrected chi connectivity index (χ1v) is 12.2. The van der Waals surface area contributed by atoms with Crippen molar-refractivity contribution in [3.8, 4) is 16.9 Å². The van der Waals surface area contributed by atoms with Crippen LogP contribution in [0.25, 0.3) is 16.9 Å². The van der Waals surface area contributed by atoms with Gasteiger partial charge in [0.15, 0.2) is 0 Å². The summed E-state index contributed by atoms with van der Waals surface area (Å²) in [6, 6.07) is 11.9. The zero-order valence-corrected chi connectivity index (χ0v) is 20.3. The number of aromatic nitrogens is 5. The number of hydroxylamine groups is 2. The van der Waals surface area contributed by atoms with Gasteiger partial charge >= 0.3 is 0 Å². The number of pyridine rings is 1. The lowest BCUT2D eigenvalue weighted by molar-refractivity contribution is -0.807. The predicted octanol–water partition coefficient (Wildman–Crippen LogP) is 1.04. The average Bonchev–Trinajstić information content (AvgIpc) is 3.47. The summed E-state index contributed by atoms with van der Waals surface area (Å²) in [5, 5.41) is 30.1. The number of rotatable bonds is 10. The maximum atomic E-state index is 10.7. The molecule has 4 heterocycles. The van der Waals surface area contributed by atoms with Crippen LogP contribution in [-0.4, -0.2) is 63.8 Å². The second kappa shape index (κ2) is 11.8. The van der Waals surface area contributed by atoms with Crippen molar-refractivity contribution in [1.29, 1.82) is 0 Å². The van der Waals surface area contributed by atoms with Gasteiger partial charge in [0.1, 0.15) is 12.4 Å². The summed E-state index contributed by atoms with van der Waals surface area (Å²) >= 11 is 0. The molecule has 37 heavy (non-hydrogen) atoms. The third kappa shape index (κ3) is 6.37. The lowest BCUT2D eigenvalue weighted by Crippen LogP contribution is -3.00. The highest BCUT2D eigenvalue weighted by molar-refractivity contribution is 5.71. The standard InChI is InChI=1S/C25H29N10O2/c36-35(37)17-19-1-6-23(30-15-19)28-7-8-29-25-31-16-22(34-14-11-27-18-34)24(32-25)20-2-4-21(5-3-20)33-12-9-26-10-13-33/h1-6,11,14-16,18,26,35H,7-10,12-13,17H2,(H,28,30)(H,29,31,32)/q-1.